The van der Waals surface area contributed by atoms with Crippen LogP contribution in [-0.2, 0) is 0 Å². The van der Waals surface area contributed by atoms with E-state index in [2.05, 4.69) is 25.9 Å². The number of H-pyrrole nitrogens is 1. The summed E-state index contributed by atoms with van der Waals surface area (Å²) in [5, 5.41) is 0. The Balaban J connectivity index is 2.28. The number of pyridine rings is 1. The van der Waals surface area contributed by atoms with Crippen molar-refractivity contribution in [2.45, 2.75) is 6.04 Å². The maximum Gasteiger partial charge on any atom is 0.0877 e. The van der Waals surface area contributed by atoms with Gasteiger partial charge >= 0.3 is 0 Å². The van der Waals surface area contributed by atoms with E-state index in [1.807, 2.05) is 30.5 Å². The molecular formula is C10H10BrN3. The fraction of sp³-hybridized carbons (Fsp3) is 0.100. The smallest absolute Gasteiger partial charge is 0.0877 e. The van der Waals surface area contributed by atoms with Gasteiger partial charge < -0.3 is 10.7 Å². The average molecular weight is 252 g/mol. The SMILES string of the molecule is NC(c1ccc(Br)cn1)c1ccc[nH]1. The normalized spacial score (nSPS) is 12.7. The molecule has 1 unspecified atom stereocenters. The van der Waals surface area contributed by atoms with Crippen molar-refractivity contribution in [3.63, 3.8) is 0 Å². The Labute approximate surface area is 90.5 Å². The molecule has 72 valence electrons. The van der Waals surface area contributed by atoms with Gasteiger partial charge in [0.25, 0.3) is 0 Å². The van der Waals surface area contributed by atoms with Crippen molar-refractivity contribution in [2.75, 3.05) is 0 Å². The predicted molar refractivity (Wildman–Crippen MR) is 58.8 cm³/mol. The van der Waals surface area contributed by atoms with Crippen LogP contribution < -0.4 is 5.73 Å². The van der Waals surface area contributed by atoms with E-state index < -0.39 is 0 Å². The highest BCUT2D eigenvalue weighted by Crippen LogP contribution is 2.17. The quantitative estimate of drug-likeness (QED) is 0.860. The van der Waals surface area contributed by atoms with Crippen molar-refractivity contribution in [1.82, 2.24) is 9.97 Å². The summed E-state index contributed by atoms with van der Waals surface area (Å²) in [4.78, 5) is 7.32. The number of rotatable bonds is 2. The molecule has 2 aromatic rings. The van der Waals surface area contributed by atoms with Gasteiger partial charge in [-0.2, -0.15) is 0 Å². The summed E-state index contributed by atoms with van der Waals surface area (Å²) in [6.45, 7) is 0. The summed E-state index contributed by atoms with van der Waals surface area (Å²) in [6.07, 6.45) is 3.60. The van der Waals surface area contributed by atoms with Crippen molar-refractivity contribution in [2.24, 2.45) is 5.73 Å². The molecule has 0 spiro atoms. The van der Waals surface area contributed by atoms with E-state index >= 15 is 0 Å². The number of halogens is 1. The fourth-order valence-corrected chi connectivity index (χ4v) is 1.50. The summed E-state index contributed by atoms with van der Waals surface area (Å²) in [5.41, 5.74) is 7.83. The number of aromatic nitrogens is 2. The maximum absolute atomic E-state index is 6.00. The minimum atomic E-state index is -0.182. The van der Waals surface area contributed by atoms with Crippen molar-refractivity contribution in [3.8, 4) is 0 Å². The molecule has 1 atom stereocenters. The molecule has 0 saturated heterocycles. The van der Waals surface area contributed by atoms with Gasteiger partial charge in [-0.1, -0.05) is 0 Å². The van der Waals surface area contributed by atoms with Crippen molar-refractivity contribution in [3.05, 3.63) is 52.5 Å². The summed E-state index contributed by atoms with van der Waals surface area (Å²) in [5.74, 6) is 0. The van der Waals surface area contributed by atoms with Gasteiger partial charge in [0.1, 0.15) is 0 Å². The third-order valence-electron chi connectivity index (χ3n) is 2.03. The number of nitrogens with two attached hydrogens (primary N) is 1. The van der Waals surface area contributed by atoms with Crippen LogP contribution in [0.2, 0.25) is 0 Å². The molecule has 3 nitrogen and oxygen atoms in total. The topological polar surface area (TPSA) is 54.7 Å². The molecule has 2 heterocycles. The first kappa shape index (κ1) is 9.43. The Morgan fingerprint density at radius 3 is 2.79 bits per heavy atom. The largest absolute Gasteiger partial charge is 0.363 e. The van der Waals surface area contributed by atoms with Crippen LogP contribution >= 0.6 is 15.9 Å². The van der Waals surface area contributed by atoms with Gasteiger partial charge in [-0.05, 0) is 40.2 Å². The van der Waals surface area contributed by atoms with E-state index in [-0.39, 0.29) is 6.04 Å². The summed E-state index contributed by atoms with van der Waals surface area (Å²) >= 11 is 3.33. The summed E-state index contributed by atoms with van der Waals surface area (Å²) in [7, 11) is 0. The van der Waals surface area contributed by atoms with Gasteiger partial charge in [0.2, 0.25) is 0 Å². The van der Waals surface area contributed by atoms with E-state index in [0.717, 1.165) is 15.9 Å². The lowest BCUT2D eigenvalue weighted by Crippen LogP contribution is -2.13. The van der Waals surface area contributed by atoms with Crippen molar-refractivity contribution in [1.29, 1.82) is 0 Å². The highest BCUT2D eigenvalue weighted by atomic mass is 79.9. The van der Waals surface area contributed by atoms with Crippen LogP contribution in [0.5, 0.6) is 0 Å². The Hall–Kier alpha value is -1.13. The van der Waals surface area contributed by atoms with E-state index in [0.29, 0.717) is 0 Å². The molecule has 0 radical (unpaired) electrons. The maximum atomic E-state index is 6.00. The van der Waals surface area contributed by atoms with Gasteiger partial charge in [-0.3, -0.25) is 4.98 Å². The van der Waals surface area contributed by atoms with Gasteiger partial charge in [0.15, 0.2) is 0 Å². The molecule has 0 aliphatic heterocycles. The van der Waals surface area contributed by atoms with Crippen LogP contribution in [0.25, 0.3) is 0 Å². The zero-order valence-corrected chi connectivity index (χ0v) is 9.03. The van der Waals surface area contributed by atoms with Gasteiger partial charge in [-0.25, -0.2) is 0 Å². The standard InChI is InChI=1S/C10H10BrN3/c11-7-3-4-9(14-6-7)10(12)8-2-1-5-13-8/h1-6,10,13H,12H2. The number of hydrogen-bond acceptors (Lipinski definition) is 2. The molecule has 0 fully saturated rings. The fourth-order valence-electron chi connectivity index (χ4n) is 1.27. The summed E-state index contributed by atoms with van der Waals surface area (Å²) < 4.78 is 0.958. The van der Waals surface area contributed by atoms with E-state index in [1.165, 1.54) is 0 Å². The molecular weight excluding hydrogens is 242 g/mol. The van der Waals surface area contributed by atoms with Crippen LogP contribution in [0.1, 0.15) is 17.4 Å². The van der Waals surface area contributed by atoms with Gasteiger partial charge in [0.05, 0.1) is 11.7 Å². The lowest BCUT2D eigenvalue weighted by molar-refractivity contribution is 0.801. The van der Waals surface area contributed by atoms with Crippen molar-refractivity contribution >= 4 is 15.9 Å². The van der Waals surface area contributed by atoms with E-state index in [1.54, 1.807) is 6.20 Å². The first-order valence-corrected chi connectivity index (χ1v) is 5.07. The lowest BCUT2D eigenvalue weighted by Gasteiger charge is -2.08. The monoisotopic (exact) mass is 251 g/mol. The average Bonchev–Trinajstić information content (AvgIpc) is 2.71. The van der Waals surface area contributed by atoms with Gasteiger partial charge in [0, 0.05) is 22.6 Å². The lowest BCUT2D eigenvalue weighted by atomic mass is 10.1. The molecule has 4 heteroatoms. The van der Waals surface area contributed by atoms with Crippen LogP contribution in [0.4, 0.5) is 0 Å². The Morgan fingerprint density at radius 2 is 2.21 bits per heavy atom. The van der Waals surface area contributed by atoms with Gasteiger partial charge in [-0.15, -0.1) is 0 Å². The zero-order valence-electron chi connectivity index (χ0n) is 7.44. The molecule has 2 rings (SSSR count). The number of hydrogen-bond donors (Lipinski definition) is 2. The molecule has 14 heavy (non-hydrogen) atoms. The Morgan fingerprint density at radius 1 is 1.36 bits per heavy atom. The highest BCUT2D eigenvalue weighted by Gasteiger charge is 2.09. The van der Waals surface area contributed by atoms with Crippen LogP contribution in [0.15, 0.2) is 41.1 Å². The van der Waals surface area contributed by atoms with Crippen LogP contribution in [0, 0.1) is 0 Å². The molecule has 0 aromatic carbocycles. The molecule has 0 aliphatic carbocycles. The number of aromatic amines is 1. The van der Waals surface area contributed by atoms with E-state index in [9.17, 15) is 0 Å². The molecule has 0 amide bonds. The number of nitrogens with one attached hydrogen (secondary N) is 1. The molecule has 0 bridgehead atoms. The van der Waals surface area contributed by atoms with Crippen LogP contribution in [0.3, 0.4) is 0 Å². The first-order chi connectivity index (χ1) is 6.77. The second kappa shape index (κ2) is 3.94. The third-order valence-corrected chi connectivity index (χ3v) is 2.50. The minimum Gasteiger partial charge on any atom is -0.363 e. The molecule has 3 N–H and O–H groups in total. The molecule has 2 aromatic heterocycles. The third kappa shape index (κ3) is 1.86. The van der Waals surface area contributed by atoms with Crippen molar-refractivity contribution < 1.29 is 0 Å². The first-order valence-electron chi connectivity index (χ1n) is 4.27. The highest BCUT2D eigenvalue weighted by molar-refractivity contribution is 9.10. The second-order valence-corrected chi connectivity index (χ2v) is 3.92. The van der Waals surface area contributed by atoms with Crippen LogP contribution in [-0.4, -0.2) is 9.97 Å². The Bertz CT molecular complexity index is 394. The summed E-state index contributed by atoms with van der Waals surface area (Å²) in [6, 6.07) is 7.54. The second-order valence-electron chi connectivity index (χ2n) is 3.00. The van der Waals surface area contributed by atoms with E-state index in [4.69, 9.17) is 5.73 Å². The Kier molecular flexibility index (Phi) is 2.65. The zero-order chi connectivity index (χ0) is 9.97. The molecule has 0 aliphatic rings. The molecule has 0 saturated carbocycles. The minimum absolute atomic E-state index is 0.182. The number of nitrogens with zero attached hydrogens (tertiary/aromatic N) is 1. The predicted octanol–water partition coefficient (Wildman–Crippen LogP) is 2.22.